The Morgan fingerprint density at radius 1 is 0.769 bits per heavy atom. The lowest BCUT2D eigenvalue weighted by Gasteiger charge is -2.07. The fourth-order valence-electron chi connectivity index (χ4n) is 2.20. The Morgan fingerprint density at radius 2 is 1.12 bits per heavy atom. The van der Waals surface area contributed by atoms with E-state index in [1.165, 1.54) is 0 Å². The molecule has 26 heavy (non-hydrogen) atoms. The smallest absolute Gasteiger partial charge is 0.318 e. The first kappa shape index (κ1) is 19.7. The summed E-state index contributed by atoms with van der Waals surface area (Å²) in [5.74, 6) is -1.83. The lowest BCUT2D eigenvalue weighted by atomic mass is 10.1. The molecule has 0 aliphatic heterocycles. The van der Waals surface area contributed by atoms with Gasteiger partial charge in [0.25, 0.3) is 0 Å². The van der Waals surface area contributed by atoms with Gasteiger partial charge in [-0.1, -0.05) is 60.7 Å². The third-order valence-corrected chi connectivity index (χ3v) is 4.19. The van der Waals surface area contributed by atoms with Gasteiger partial charge in [0.15, 0.2) is 0 Å². The van der Waals surface area contributed by atoms with E-state index in [-0.39, 0.29) is 12.8 Å². The molecule has 0 unspecified atom stereocenters. The van der Waals surface area contributed by atoms with Crippen molar-refractivity contribution in [2.24, 2.45) is 11.5 Å². The van der Waals surface area contributed by atoms with Gasteiger partial charge in [0.2, 0.25) is 0 Å². The van der Waals surface area contributed by atoms with Crippen LogP contribution in [-0.4, -0.2) is 24.0 Å². The molecule has 136 valence electrons. The third-order valence-electron chi connectivity index (χ3n) is 3.53. The largest absolute Gasteiger partial charge is 0.811 e. The second kappa shape index (κ2) is 9.77. The van der Waals surface area contributed by atoms with E-state index >= 15 is 0 Å². The summed E-state index contributed by atoms with van der Waals surface area (Å²) >= 11 is 0. The lowest BCUT2D eigenvalue weighted by Crippen LogP contribution is -2.35. The second-order valence-electron chi connectivity index (χ2n) is 5.64. The molecule has 8 heteroatoms. The van der Waals surface area contributed by atoms with Crippen molar-refractivity contribution in [1.29, 1.82) is 0 Å². The van der Waals surface area contributed by atoms with E-state index in [4.69, 9.17) is 11.5 Å². The van der Waals surface area contributed by atoms with Crippen LogP contribution in [0.25, 0.3) is 0 Å². The molecule has 0 aliphatic carbocycles. The zero-order chi connectivity index (χ0) is 18.9. The second-order valence-corrected chi connectivity index (χ2v) is 6.45. The Hall–Kier alpha value is -2.60. The SMILES string of the molecule is N[C@@H](Cc1ccccc1)C(=O)O[P+](=O)OC(=O)[C@@H](N)Cc1ccccc1. The fraction of sp³-hybridized carbons (Fsp3) is 0.222. The highest BCUT2D eigenvalue weighted by Crippen LogP contribution is 2.25. The third kappa shape index (κ3) is 6.37. The summed E-state index contributed by atoms with van der Waals surface area (Å²) in [4.78, 5) is 23.7. The summed E-state index contributed by atoms with van der Waals surface area (Å²) in [5, 5.41) is 0. The number of benzene rings is 2. The molecular formula is C18H20N2O5P+. The molecule has 0 heterocycles. The van der Waals surface area contributed by atoms with Crippen LogP contribution < -0.4 is 11.5 Å². The minimum atomic E-state index is -2.98. The van der Waals surface area contributed by atoms with E-state index in [0.29, 0.717) is 0 Å². The van der Waals surface area contributed by atoms with E-state index in [9.17, 15) is 14.2 Å². The van der Waals surface area contributed by atoms with Gasteiger partial charge in [-0.25, -0.2) is 9.59 Å². The number of nitrogens with two attached hydrogens (primary N) is 2. The highest BCUT2D eigenvalue weighted by atomic mass is 31.1. The molecule has 0 radical (unpaired) electrons. The molecule has 0 amide bonds. The number of carbonyl (C=O) groups excluding carboxylic acids is 2. The zero-order valence-corrected chi connectivity index (χ0v) is 14.9. The standard InChI is InChI=1S/C18H20N2O5P/c19-15(11-13-7-3-1-4-8-13)17(21)24-26(23)25-18(22)16(20)12-14-9-5-2-6-10-14/h1-10,15-16H,11-12,19-20H2/q+1/t15-,16-/m0/s1. The molecular weight excluding hydrogens is 355 g/mol. The molecule has 0 bridgehead atoms. The van der Waals surface area contributed by atoms with E-state index in [1.807, 2.05) is 36.4 Å². The highest BCUT2D eigenvalue weighted by Gasteiger charge is 2.35. The van der Waals surface area contributed by atoms with Crippen molar-refractivity contribution in [3.05, 3.63) is 71.8 Å². The molecule has 0 saturated carbocycles. The summed E-state index contributed by atoms with van der Waals surface area (Å²) in [5.41, 5.74) is 13.1. The van der Waals surface area contributed by atoms with Crippen LogP contribution in [-0.2, 0) is 36.0 Å². The van der Waals surface area contributed by atoms with Gasteiger partial charge in [0.05, 0.1) is 0 Å². The number of rotatable bonds is 8. The maximum Gasteiger partial charge on any atom is 0.811 e. The van der Waals surface area contributed by atoms with Crippen LogP contribution in [0, 0.1) is 0 Å². The maximum absolute atomic E-state index is 11.8. The van der Waals surface area contributed by atoms with Crippen molar-refractivity contribution in [3.8, 4) is 0 Å². The Bertz CT molecular complexity index is 691. The van der Waals surface area contributed by atoms with E-state index in [0.717, 1.165) is 11.1 Å². The molecule has 7 nitrogen and oxygen atoms in total. The Balaban J connectivity index is 1.79. The summed E-state index contributed by atoms with van der Waals surface area (Å²) in [6.45, 7) is 0. The molecule has 0 saturated heterocycles. The van der Waals surface area contributed by atoms with Crippen molar-refractivity contribution in [1.82, 2.24) is 0 Å². The molecule has 0 aliphatic rings. The molecule has 4 N–H and O–H groups in total. The zero-order valence-electron chi connectivity index (χ0n) is 14.0. The fourth-order valence-corrected chi connectivity index (χ4v) is 2.81. The predicted molar refractivity (Wildman–Crippen MR) is 96.0 cm³/mol. The van der Waals surface area contributed by atoms with E-state index in [2.05, 4.69) is 9.05 Å². The average Bonchev–Trinajstić information content (AvgIpc) is 2.63. The molecule has 2 aromatic carbocycles. The molecule has 2 atom stereocenters. The summed E-state index contributed by atoms with van der Waals surface area (Å²) in [6.07, 6.45) is 0.425. The van der Waals surface area contributed by atoms with Crippen LogP contribution in [0.5, 0.6) is 0 Å². The van der Waals surface area contributed by atoms with E-state index < -0.39 is 32.3 Å². The minimum Gasteiger partial charge on any atom is -0.318 e. The molecule has 0 fully saturated rings. The van der Waals surface area contributed by atoms with Crippen LogP contribution in [0.3, 0.4) is 0 Å². The van der Waals surface area contributed by atoms with Gasteiger partial charge in [-0.2, -0.15) is 9.05 Å². The van der Waals surface area contributed by atoms with Crippen LogP contribution in [0.4, 0.5) is 0 Å². The normalized spacial score (nSPS) is 12.7. The highest BCUT2D eigenvalue weighted by molar-refractivity contribution is 7.34. The summed E-state index contributed by atoms with van der Waals surface area (Å²) in [6, 6.07) is 16.1. The Morgan fingerprint density at radius 3 is 1.46 bits per heavy atom. The lowest BCUT2D eigenvalue weighted by molar-refractivity contribution is -0.139. The van der Waals surface area contributed by atoms with Gasteiger partial charge in [-0.15, -0.1) is 0 Å². The number of hydrogen-bond acceptors (Lipinski definition) is 7. The number of carbonyl (C=O) groups is 2. The van der Waals surface area contributed by atoms with Crippen LogP contribution >= 0.6 is 8.25 Å². The van der Waals surface area contributed by atoms with Crippen molar-refractivity contribution in [3.63, 3.8) is 0 Å². The topological polar surface area (TPSA) is 122 Å². The summed E-state index contributed by atoms with van der Waals surface area (Å²) in [7, 11) is -2.98. The van der Waals surface area contributed by atoms with E-state index in [1.54, 1.807) is 24.3 Å². The van der Waals surface area contributed by atoms with Crippen LogP contribution in [0.2, 0.25) is 0 Å². The van der Waals surface area contributed by atoms with Gasteiger partial charge in [-0.05, 0) is 24.0 Å². The van der Waals surface area contributed by atoms with Gasteiger partial charge < -0.3 is 11.5 Å². The van der Waals surface area contributed by atoms with Crippen LogP contribution in [0.1, 0.15) is 11.1 Å². The first-order chi connectivity index (χ1) is 12.5. The molecule has 2 aromatic rings. The van der Waals surface area contributed by atoms with Gasteiger partial charge in [0.1, 0.15) is 12.1 Å². The van der Waals surface area contributed by atoms with Gasteiger partial charge >= 0.3 is 20.2 Å². The predicted octanol–water partition coefficient (Wildman–Crippen LogP) is 1.87. The maximum atomic E-state index is 11.8. The first-order valence-corrected chi connectivity index (χ1v) is 9.05. The van der Waals surface area contributed by atoms with Crippen molar-refractivity contribution in [2.45, 2.75) is 24.9 Å². The van der Waals surface area contributed by atoms with Gasteiger partial charge in [0, 0.05) is 4.57 Å². The number of hydrogen-bond donors (Lipinski definition) is 2. The minimum absolute atomic E-state index is 0.213. The quantitative estimate of drug-likeness (QED) is 0.676. The van der Waals surface area contributed by atoms with Crippen molar-refractivity contribution < 1.29 is 23.2 Å². The van der Waals surface area contributed by atoms with Gasteiger partial charge in [-0.3, -0.25) is 0 Å². The molecule has 0 aromatic heterocycles. The Kier molecular flexibility index (Phi) is 7.41. The first-order valence-electron chi connectivity index (χ1n) is 7.95. The Labute approximate surface area is 152 Å². The van der Waals surface area contributed by atoms with Crippen molar-refractivity contribution in [2.75, 3.05) is 0 Å². The molecule has 2 rings (SSSR count). The summed E-state index contributed by atoms with van der Waals surface area (Å²) < 4.78 is 20.9. The van der Waals surface area contributed by atoms with Crippen molar-refractivity contribution >= 4 is 20.2 Å². The van der Waals surface area contributed by atoms with Crippen LogP contribution in [0.15, 0.2) is 60.7 Å². The average molecular weight is 375 g/mol. The monoisotopic (exact) mass is 375 g/mol. The molecule has 0 spiro atoms.